The van der Waals surface area contributed by atoms with E-state index in [9.17, 15) is 14.9 Å². The van der Waals surface area contributed by atoms with Crippen LogP contribution in [0.15, 0.2) is 12.3 Å². The summed E-state index contributed by atoms with van der Waals surface area (Å²) in [6.07, 6.45) is 3.75. The molecule has 2 amide bonds. The number of amides is 2. The highest BCUT2D eigenvalue weighted by molar-refractivity contribution is 5.89. The summed E-state index contributed by atoms with van der Waals surface area (Å²) in [4.78, 5) is 28.5. The highest BCUT2D eigenvalue weighted by Gasteiger charge is 2.31. The molecule has 2 N–H and O–H groups in total. The molecular formula is C15H23N5O3. The predicted molar refractivity (Wildman–Crippen MR) is 87.5 cm³/mol. The minimum atomic E-state index is -0.513. The fourth-order valence-corrected chi connectivity index (χ4v) is 2.83. The number of hydrogen-bond acceptors (Lipinski definition) is 5. The monoisotopic (exact) mass is 321 g/mol. The molecule has 2 rings (SSSR count). The fourth-order valence-electron chi connectivity index (χ4n) is 2.83. The lowest BCUT2D eigenvalue weighted by atomic mass is 10.0. The van der Waals surface area contributed by atoms with Crippen LogP contribution in [0.3, 0.4) is 0 Å². The van der Waals surface area contributed by atoms with E-state index in [1.54, 1.807) is 6.92 Å². The summed E-state index contributed by atoms with van der Waals surface area (Å²) in [5.74, 6) is 0. The van der Waals surface area contributed by atoms with E-state index in [2.05, 4.69) is 34.4 Å². The van der Waals surface area contributed by atoms with Crippen LogP contribution >= 0.6 is 0 Å². The Hall–Kier alpha value is -2.22. The third-order valence-electron chi connectivity index (χ3n) is 4.25. The number of urea groups is 1. The zero-order valence-corrected chi connectivity index (χ0v) is 13.8. The van der Waals surface area contributed by atoms with Crippen LogP contribution in [0.1, 0.15) is 32.4 Å². The minimum Gasteiger partial charge on any atom is -0.337 e. The largest absolute Gasteiger partial charge is 0.337 e. The Balaban J connectivity index is 1.83. The fraction of sp³-hybridized carbons (Fsp3) is 0.600. The van der Waals surface area contributed by atoms with Crippen LogP contribution in [0.4, 0.5) is 16.2 Å². The maximum Gasteiger partial charge on any atom is 0.319 e. The van der Waals surface area contributed by atoms with Crippen molar-refractivity contribution in [2.75, 3.05) is 25.0 Å². The standard InChI is InChI=1S/C15H23N5O3/c1-11-13(20(22)23)9-12(10-17-11)18-14(21)16-6-8-19-7-4-5-15(19,2)3/h9-10H,4-8H2,1-3H3,(H2,16,18,21). The molecule has 0 saturated carbocycles. The number of nitro groups is 1. The first-order chi connectivity index (χ1) is 10.8. The Morgan fingerprint density at radius 3 is 2.87 bits per heavy atom. The van der Waals surface area contributed by atoms with Gasteiger partial charge in [0.05, 0.1) is 16.8 Å². The van der Waals surface area contributed by atoms with Gasteiger partial charge in [-0.15, -0.1) is 0 Å². The first-order valence-corrected chi connectivity index (χ1v) is 7.70. The lowest BCUT2D eigenvalue weighted by Crippen LogP contribution is -2.43. The molecule has 0 atom stereocenters. The molecule has 126 valence electrons. The van der Waals surface area contributed by atoms with Crippen molar-refractivity contribution in [3.63, 3.8) is 0 Å². The van der Waals surface area contributed by atoms with Crippen LogP contribution in [-0.4, -0.2) is 46.0 Å². The second kappa shape index (κ2) is 6.91. The van der Waals surface area contributed by atoms with Gasteiger partial charge in [-0.1, -0.05) is 0 Å². The van der Waals surface area contributed by atoms with E-state index in [-0.39, 0.29) is 17.3 Å². The summed E-state index contributed by atoms with van der Waals surface area (Å²) in [5, 5.41) is 16.2. The zero-order chi connectivity index (χ0) is 17.0. The van der Waals surface area contributed by atoms with Gasteiger partial charge in [-0.3, -0.25) is 20.0 Å². The predicted octanol–water partition coefficient (Wildman–Crippen LogP) is 2.29. The number of anilines is 1. The molecule has 2 heterocycles. The first-order valence-electron chi connectivity index (χ1n) is 7.70. The van der Waals surface area contributed by atoms with Gasteiger partial charge in [-0.25, -0.2) is 4.79 Å². The average Bonchev–Trinajstić information content (AvgIpc) is 2.80. The number of carbonyl (C=O) groups excluding carboxylic acids is 1. The van der Waals surface area contributed by atoms with E-state index in [0.29, 0.717) is 17.9 Å². The van der Waals surface area contributed by atoms with Gasteiger partial charge < -0.3 is 10.6 Å². The maximum absolute atomic E-state index is 11.9. The number of pyridine rings is 1. The van der Waals surface area contributed by atoms with E-state index < -0.39 is 4.92 Å². The maximum atomic E-state index is 11.9. The summed E-state index contributed by atoms with van der Waals surface area (Å²) in [6, 6.07) is 0.924. The number of aromatic nitrogens is 1. The van der Waals surface area contributed by atoms with Gasteiger partial charge in [0.15, 0.2) is 0 Å². The normalized spacial score (nSPS) is 17.0. The van der Waals surface area contributed by atoms with Gasteiger partial charge in [0.25, 0.3) is 5.69 Å². The molecule has 0 unspecified atom stereocenters. The van der Waals surface area contributed by atoms with Crippen LogP contribution in [0.2, 0.25) is 0 Å². The van der Waals surface area contributed by atoms with Crippen molar-refractivity contribution in [1.29, 1.82) is 0 Å². The van der Waals surface area contributed by atoms with Gasteiger partial charge in [0.2, 0.25) is 0 Å². The molecular weight excluding hydrogens is 298 g/mol. The Kier molecular flexibility index (Phi) is 5.15. The quantitative estimate of drug-likeness (QED) is 0.640. The molecule has 8 heteroatoms. The number of nitrogens with zero attached hydrogens (tertiary/aromatic N) is 3. The van der Waals surface area contributed by atoms with Crippen molar-refractivity contribution in [1.82, 2.24) is 15.2 Å². The van der Waals surface area contributed by atoms with Crippen LogP contribution < -0.4 is 10.6 Å². The zero-order valence-electron chi connectivity index (χ0n) is 13.8. The molecule has 1 aliphatic heterocycles. The SMILES string of the molecule is Cc1ncc(NC(=O)NCCN2CCCC2(C)C)cc1[N+](=O)[O-]. The molecule has 0 spiro atoms. The second-order valence-electron chi connectivity index (χ2n) is 6.37. The molecule has 0 radical (unpaired) electrons. The summed E-state index contributed by atoms with van der Waals surface area (Å²) in [5.41, 5.74) is 0.694. The lowest BCUT2D eigenvalue weighted by molar-refractivity contribution is -0.385. The number of aryl methyl sites for hydroxylation is 1. The van der Waals surface area contributed by atoms with Crippen molar-refractivity contribution >= 4 is 17.4 Å². The summed E-state index contributed by atoms with van der Waals surface area (Å²) in [6.45, 7) is 8.32. The molecule has 1 aliphatic rings. The van der Waals surface area contributed by atoms with Gasteiger partial charge in [-0.05, 0) is 40.2 Å². The smallest absolute Gasteiger partial charge is 0.319 e. The number of hydrogen-bond donors (Lipinski definition) is 2. The van der Waals surface area contributed by atoms with E-state index in [1.807, 2.05) is 0 Å². The van der Waals surface area contributed by atoms with E-state index in [1.165, 1.54) is 18.7 Å². The van der Waals surface area contributed by atoms with Gasteiger partial charge in [-0.2, -0.15) is 0 Å². The highest BCUT2D eigenvalue weighted by atomic mass is 16.6. The second-order valence-corrected chi connectivity index (χ2v) is 6.37. The van der Waals surface area contributed by atoms with E-state index in [0.717, 1.165) is 19.5 Å². The molecule has 8 nitrogen and oxygen atoms in total. The van der Waals surface area contributed by atoms with Crippen molar-refractivity contribution in [3.8, 4) is 0 Å². The van der Waals surface area contributed by atoms with Crippen LogP contribution in [0.5, 0.6) is 0 Å². The first kappa shape index (κ1) is 17.1. The third kappa shape index (κ3) is 4.38. The summed E-state index contributed by atoms with van der Waals surface area (Å²) >= 11 is 0. The van der Waals surface area contributed by atoms with Crippen molar-refractivity contribution < 1.29 is 9.72 Å². The Morgan fingerprint density at radius 1 is 1.52 bits per heavy atom. The Labute approximate surface area is 135 Å². The summed E-state index contributed by atoms with van der Waals surface area (Å²) < 4.78 is 0. The van der Waals surface area contributed by atoms with E-state index >= 15 is 0 Å². The molecule has 1 saturated heterocycles. The lowest BCUT2D eigenvalue weighted by Gasteiger charge is -2.31. The molecule has 23 heavy (non-hydrogen) atoms. The van der Waals surface area contributed by atoms with Crippen molar-refractivity contribution in [2.45, 2.75) is 39.2 Å². The number of rotatable bonds is 5. The van der Waals surface area contributed by atoms with Crippen LogP contribution in [0, 0.1) is 17.0 Å². The van der Waals surface area contributed by atoms with Gasteiger partial charge in [0, 0.05) is 24.7 Å². The van der Waals surface area contributed by atoms with Crippen molar-refractivity contribution in [3.05, 3.63) is 28.1 Å². The van der Waals surface area contributed by atoms with Crippen LogP contribution in [-0.2, 0) is 0 Å². The van der Waals surface area contributed by atoms with Gasteiger partial charge >= 0.3 is 6.03 Å². The van der Waals surface area contributed by atoms with E-state index in [4.69, 9.17) is 0 Å². The summed E-state index contributed by atoms with van der Waals surface area (Å²) in [7, 11) is 0. The molecule has 1 fully saturated rings. The minimum absolute atomic E-state index is 0.110. The molecule has 0 aromatic carbocycles. The number of nitrogens with one attached hydrogen (secondary N) is 2. The number of carbonyl (C=O) groups is 1. The molecule has 0 bridgehead atoms. The topological polar surface area (TPSA) is 100 Å². The third-order valence-corrected chi connectivity index (χ3v) is 4.25. The Morgan fingerprint density at radius 2 is 2.26 bits per heavy atom. The number of likely N-dealkylation sites (tertiary alicyclic amines) is 1. The van der Waals surface area contributed by atoms with Crippen molar-refractivity contribution in [2.24, 2.45) is 0 Å². The van der Waals surface area contributed by atoms with Gasteiger partial charge in [0.1, 0.15) is 5.69 Å². The molecule has 1 aromatic rings. The highest BCUT2D eigenvalue weighted by Crippen LogP contribution is 2.27. The van der Waals surface area contributed by atoms with Crippen LogP contribution in [0.25, 0.3) is 0 Å². The molecule has 1 aromatic heterocycles. The Bertz CT molecular complexity index is 603. The molecule has 0 aliphatic carbocycles. The average molecular weight is 321 g/mol.